The lowest BCUT2D eigenvalue weighted by Crippen LogP contribution is -2.26. The number of ketones is 1. The number of aryl methyl sites for hydroxylation is 1. The maximum Gasteiger partial charge on any atom is 0.349 e. The molecule has 2 heterocycles. The summed E-state index contributed by atoms with van der Waals surface area (Å²) in [5, 5.41) is 9.48. The van der Waals surface area contributed by atoms with Crippen LogP contribution < -0.4 is 10.3 Å². The summed E-state index contributed by atoms with van der Waals surface area (Å²) < 4.78 is 7.03. The third kappa shape index (κ3) is 2.94. The summed E-state index contributed by atoms with van der Waals surface area (Å²) in [6.45, 7) is 1.60. The number of carboxylic acids is 1. The van der Waals surface area contributed by atoms with Gasteiger partial charge in [0.25, 0.3) is 5.56 Å². The predicted molar refractivity (Wildman–Crippen MR) is 95.1 cm³/mol. The van der Waals surface area contributed by atoms with Crippen LogP contribution in [0.4, 0.5) is 0 Å². The van der Waals surface area contributed by atoms with Gasteiger partial charge in [-0.2, -0.15) is 0 Å². The highest BCUT2D eigenvalue weighted by molar-refractivity contribution is 7.21. The van der Waals surface area contributed by atoms with Crippen LogP contribution in [0.15, 0.2) is 41.2 Å². The molecule has 0 aliphatic carbocycles. The minimum absolute atomic E-state index is 0.0267. The molecule has 0 aliphatic heterocycles. The van der Waals surface area contributed by atoms with E-state index < -0.39 is 11.5 Å². The van der Waals surface area contributed by atoms with E-state index in [1.54, 1.807) is 37.3 Å². The number of thiophene rings is 1. The first kappa shape index (κ1) is 16.9. The van der Waals surface area contributed by atoms with Crippen molar-refractivity contribution in [3.05, 3.63) is 62.9 Å². The minimum Gasteiger partial charge on any atom is -0.494 e. The largest absolute Gasteiger partial charge is 0.494 e. The molecule has 7 heteroatoms. The van der Waals surface area contributed by atoms with Crippen LogP contribution in [0.2, 0.25) is 0 Å². The number of carboxylic acid groups (broad SMARTS) is 1. The zero-order valence-electron chi connectivity index (χ0n) is 13.6. The van der Waals surface area contributed by atoms with E-state index in [-0.39, 0.29) is 28.3 Å². The summed E-state index contributed by atoms with van der Waals surface area (Å²) in [4.78, 5) is 36.7. The zero-order valence-corrected chi connectivity index (χ0v) is 14.4. The Balaban J connectivity index is 2.15. The summed E-state index contributed by atoms with van der Waals surface area (Å²) in [6, 6.07) is 10.4. The van der Waals surface area contributed by atoms with Crippen LogP contribution >= 0.6 is 11.3 Å². The van der Waals surface area contributed by atoms with Gasteiger partial charge in [0.15, 0.2) is 16.4 Å². The van der Waals surface area contributed by atoms with E-state index in [1.165, 1.54) is 11.7 Å². The molecule has 0 amide bonds. The highest BCUT2D eigenvalue weighted by Crippen LogP contribution is 2.36. The second-order valence-corrected chi connectivity index (χ2v) is 6.53. The van der Waals surface area contributed by atoms with Gasteiger partial charge in [0, 0.05) is 16.0 Å². The number of pyridine rings is 1. The molecule has 0 radical (unpaired) electrons. The maximum absolute atomic E-state index is 12.9. The third-order valence-corrected chi connectivity index (χ3v) is 5.02. The molecule has 3 aromatic rings. The van der Waals surface area contributed by atoms with Crippen LogP contribution in [0.1, 0.15) is 25.7 Å². The van der Waals surface area contributed by atoms with E-state index in [0.717, 1.165) is 11.3 Å². The van der Waals surface area contributed by atoms with Gasteiger partial charge in [0.2, 0.25) is 0 Å². The van der Waals surface area contributed by atoms with Crippen molar-refractivity contribution in [1.82, 2.24) is 4.57 Å². The van der Waals surface area contributed by atoms with Gasteiger partial charge < -0.3 is 14.4 Å². The summed E-state index contributed by atoms with van der Waals surface area (Å²) in [7, 11) is 1.33. The molecule has 0 aliphatic rings. The second kappa shape index (κ2) is 6.52. The summed E-state index contributed by atoms with van der Waals surface area (Å²) in [5.74, 6) is -1.31. The number of fused-ring (bicyclic) bond motifs is 1. The van der Waals surface area contributed by atoms with Crippen LogP contribution in [0.3, 0.4) is 0 Å². The Morgan fingerprint density at radius 3 is 2.52 bits per heavy atom. The van der Waals surface area contributed by atoms with Crippen LogP contribution in [-0.4, -0.2) is 28.5 Å². The van der Waals surface area contributed by atoms with E-state index in [4.69, 9.17) is 4.74 Å². The molecule has 128 valence electrons. The van der Waals surface area contributed by atoms with Crippen molar-refractivity contribution < 1.29 is 19.4 Å². The first-order chi connectivity index (χ1) is 11.9. The van der Waals surface area contributed by atoms with Crippen molar-refractivity contribution in [3.63, 3.8) is 0 Å². The van der Waals surface area contributed by atoms with E-state index in [9.17, 15) is 19.5 Å². The molecular formula is C18H15NO5S. The molecule has 0 saturated carbocycles. The maximum atomic E-state index is 12.9. The van der Waals surface area contributed by atoms with Gasteiger partial charge in [0.1, 0.15) is 5.39 Å². The minimum atomic E-state index is -1.15. The number of methoxy groups -OCH3 is 1. The average Bonchev–Trinajstić information content (AvgIpc) is 2.98. The highest BCUT2D eigenvalue weighted by atomic mass is 32.1. The molecular weight excluding hydrogens is 342 g/mol. The number of Topliss-reactive ketones (excluding diaryl/α,β-unsaturated/α-hetero) is 1. The molecule has 0 saturated heterocycles. The number of ether oxygens (including phenoxy) is 1. The Bertz CT molecular complexity index is 1030. The molecule has 3 rings (SSSR count). The third-order valence-electron chi connectivity index (χ3n) is 3.91. The molecule has 2 aromatic heterocycles. The molecule has 1 aromatic carbocycles. The first-order valence-electron chi connectivity index (χ1n) is 7.46. The number of carbonyl (C=O) groups is 2. The number of aromatic carboxylic acids is 1. The molecule has 0 atom stereocenters. The fourth-order valence-electron chi connectivity index (χ4n) is 2.69. The quantitative estimate of drug-likeness (QED) is 0.710. The average molecular weight is 357 g/mol. The van der Waals surface area contributed by atoms with Crippen molar-refractivity contribution in [1.29, 1.82) is 0 Å². The fraction of sp³-hybridized carbons (Fsp3) is 0.167. The number of benzene rings is 1. The number of aromatic nitrogens is 1. The number of rotatable bonds is 5. The first-order valence-corrected chi connectivity index (χ1v) is 8.28. The Hall–Kier alpha value is -2.93. The number of hydrogen-bond acceptors (Lipinski definition) is 5. The Morgan fingerprint density at radius 2 is 1.92 bits per heavy atom. The molecule has 1 N–H and O–H groups in total. The smallest absolute Gasteiger partial charge is 0.349 e. The SMILES string of the molecule is COc1c(C(=O)O)sc2cc(C)n(CC(=O)c3ccccc3)c(=O)c12. The normalized spacial score (nSPS) is 10.8. The van der Waals surface area contributed by atoms with Gasteiger partial charge in [-0.15, -0.1) is 11.3 Å². The monoisotopic (exact) mass is 357 g/mol. The van der Waals surface area contributed by atoms with Gasteiger partial charge in [-0.1, -0.05) is 30.3 Å². The van der Waals surface area contributed by atoms with E-state index in [2.05, 4.69) is 0 Å². The number of carbonyl (C=O) groups excluding carboxylic acids is 1. The topological polar surface area (TPSA) is 85.6 Å². The molecule has 6 nitrogen and oxygen atoms in total. The molecule has 0 spiro atoms. The Labute approximate surface area is 146 Å². The molecule has 0 fully saturated rings. The summed E-state index contributed by atoms with van der Waals surface area (Å²) in [5.41, 5.74) is 0.667. The molecule has 0 unspecified atom stereocenters. The van der Waals surface area contributed by atoms with Crippen LogP contribution in [0, 0.1) is 6.92 Å². The lowest BCUT2D eigenvalue weighted by molar-refractivity contribution is 0.0699. The van der Waals surface area contributed by atoms with Gasteiger partial charge in [0.05, 0.1) is 13.7 Å². The van der Waals surface area contributed by atoms with Crippen LogP contribution in [0.25, 0.3) is 10.1 Å². The lowest BCUT2D eigenvalue weighted by Gasteiger charge is -2.10. The number of nitrogens with zero attached hydrogens (tertiary/aromatic N) is 1. The van der Waals surface area contributed by atoms with Gasteiger partial charge in [-0.05, 0) is 13.0 Å². The van der Waals surface area contributed by atoms with Crippen LogP contribution in [-0.2, 0) is 6.54 Å². The standard InChI is InChI=1S/C18H15NO5S/c1-10-8-13-14(15(24-2)16(25-13)18(22)23)17(21)19(10)9-12(20)11-6-4-3-5-7-11/h3-8H,9H2,1-2H3,(H,22,23). The highest BCUT2D eigenvalue weighted by Gasteiger charge is 2.23. The van der Waals surface area contributed by atoms with E-state index >= 15 is 0 Å². The zero-order chi connectivity index (χ0) is 18.1. The lowest BCUT2D eigenvalue weighted by atomic mass is 10.1. The molecule has 25 heavy (non-hydrogen) atoms. The van der Waals surface area contributed by atoms with Crippen molar-refractivity contribution in [2.75, 3.05) is 7.11 Å². The summed E-state index contributed by atoms with van der Waals surface area (Å²) in [6.07, 6.45) is 0. The Morgan fingerprint density at radius 1 is 1.24 bits per heavy atom. The van der Waals surface area contributed by atoms with Crippen molar-refractivity contribution in [2.45, 2.75) is 13.5 Å². The Kier molecular flexibility index (Phi) is 4.41. The van der Waals surface area contributed by atoms with Crippen LogP contribution in [0.5, 0.6) is 5.75 Å². The van der Waals surface area contributed by atoms with Crippen molar-refractivity contribution in [3.8, 4) is 5.75 Å². The van der Waals surface area contributed by atoms with Gasteiger partial charge in [-0.25, -0.2) is 4.79 Å². The number of hydrogen-bond donors (Lipinski definition) is 1. The van der Waals surface area contributed by atoms with E-state index in [1.807, 2.05) is 6.07 Å². The van der Waals surface area contributed by atoms with Crippen molar-refractivity contribution in [2.24, 2.45) is 0 Å². The summed E-state index contributed by atoms with van der Waals surface area (Å²) >= 11 is 0.986. The van der Waals surface area contributed by atoms with E-state index in [0.29, 0.717) is 16.0 Å². The second-order valence-electron chi connectivity index (χ2n) is 5.48. The fourth-order valence-corrected chi connectivity index (χ4v) is 3.79. The molecule has 0 bridgehead atoms. The predicted octanol–water partition coefficient (Wildman–Crippen LogP) is 2.96. The van der Waals surface area contributed by atoms with Gasteiger partial charge in [-0.3, -0.25) is 9.59 Å². The van der Waals surface area contributed by atoms with Gasteiger partial charge >= 0.3 is 5.97 Å². The van der Waals surface area contributed by atoms with Crippen molar-refractivity contribution >= 4 is 33.2 Å².